The third-order valence-electron chi connectivity index (χ3n) is 14.4. The van der Waals surface area contributed by atoms with E-state index in [0.29, 0.717) is 17.4 Å². The number of esters is 1. The van der Waals surface area contributed by atoms with Crippen LogP contribution in [0.25, 0.3) is 0 Å². The quantitative estimate of drug-likeness (QED) is 0.0212. The van der Waals surface area contributed by atoms with Crippen LogP contribution in [0.15, 0.2) is 72.9 Å². The number of nitrogens with one attached hydrogen (secondary N) is 1. The van der Waals surface area contributed by atoms with Gasteiger partial charge in [-0.25, -0.2) is 0 Å². The first kappa shape index (κ1) is 75.5. The van der Waals surface area contributed by atoms with Crippen molar-refractivity contribution in [2.24, 2.45) is 0 Å². The van der Waals surface area contributed by atoms with Crippen LogP contribution < -0.4 is 10.2 Å². The lowest BCUT2D eigenvalue weighted by atomic mass is 10.0. The van der Waals surface area contributed by atoms with Gasteiger partial charge in [0, 0.05) is 12.8 Å². The zero-order chi connectivity index (χ0) is 57.2. The van der Waals surface area contributed by atoms with Gasteiger partial charge in [-0.3, -0.25) is 14.2 Å². The highest BCUT2D eigenvalue weighted by Crippen LogP contribution is 2.38. The number of ether oxygens (including phenoxy) is 1. The van der Waals surface area contributed by atoms with Gasteiger partial charge in [0.15, 0.2) is 0 Å². The number of likely N-dealkylation sites (N-methyl/N-ethyl adjacent to an activating group) is 1. The summed E-state index contributed by atoms with van der Waals surface area (Å²) in [6.07, 6.45) is 74.5. The van der Waals surface area contributed by atoms with Crippen LogP contribution in [0.2, 0.25) is 0 Å². The average molecular weight is 1110 g/mol. The number of quaternary nitrogens is 1. The molecule has 0 radical (unpaired) electrons. The molecule has 0 fully saturated rings. The van der Waals surface area contributed by atoms with Gasteiger partial charge in [-0.15, -0.1) is 0 Å². The molecule has 1 amide bonds. The van der Waals surface area contributed by atoms with E-state index in [0.717, 1.165) is 109 Å². The van der Waals surface area contributed by atoms with Crippen LogP contribution in [0.3, 0.4) is 0 Å². The van der Waals surface area contributed by atoms with E-state index in [9.17, 15) is 19.0 Å². The number of unbranched alkanes of at least 4 members (excludes halogenated alkanes) is 33. The molecule has 454 valence electrons. The normalized spacial score (nSPS) is 14.1. The minimum absolute atomic E-state index is 0.0265. The zero-order valence-electron chi connectivity index (χ0n) is 51.9. The summed E-state index contributed by atoms with van der Waals surface area (Å²) >= 11 is 0. The third kappa shape index (κ3) is 58.1. The number of nitrogens with zero attached hydrogens (tertiary/aromatic N) is 1. The molecule has 0 aliphatic heterocycles. The van der Waals surface area contributed by atoms with Crippen molar-refractivity contribution in [2.75, 3.05) is 40.9 Å². The summed E-state index contributed by atoms with van der Waals surface area (Å²) in [5.41, 5.74) is 0. The van der Waals surface area contributed by atoms with Gasteiger partial charge in [-0.1, -0.05) is 261 Å². The van der Waals surface area contributed by atoms with Gasteiger partial charge in [0.2, 0.25) is 5.91 Å². The number of hydrogen-bond donors (Lipinski definition) is 1. The summed E-state index contributed by atoms with van der Waals surface area (Å²) in [5, 5.41) is 3.02. The Morgan fingerprint density at radius 3 is 1.26 bits per heavy atom. The summed E-state index contributed by atoms with van der Waals surface area (Å²) in [6.45, 7) is 6.71. The van der Waals surface area contributed by atoms with Gasteiger partial charge in [0.05, 0.1) is 33.8 Å². The minimum Gasteiger partial charge on any atom is -0.756 e. The number of amides is 1. The molecule has 9 nitrogen and oxygen atoms in total. The summed E-state index contributed by atoms with van der Waals surface area (Å²) < 4.78 is 30.3. The van der Waals surface area contributed by atoms with Crippen molar-refractivity contribution < 1.29 is 37.3 Å². The predicted molar refractivity (Wildman–Crippen MR) is 335 cm³/mol. The minimum atomic E-state index is -4.70. The highest BCUT2D eigenvalue weighted by molar-refractivity contribution is 7.45. The van der Waals surface area contributed by atoms with Crippen LogP contribution in [0.1, 0.15) is 297 Å². The third-order valence-corrected chi connectivity index (χ3v) is 15.3. The number of phosphoric acid groups is 1. The fraction of sp³-hybridized carbons (Fsp3) is 0.794. The molecule has 0 saturated carbocycles. The maximum atomic E-state index is 13.5. The SMILES string of the molecule is CC/C=C/C/C=C/C/C=C/CCCCCCCCC(=O)NC(COP(=O)([O-])OCC[N+](C)(C)C)C(/C=C\CCCCCCCCCCC)OC(=O)CCCCCCCCCCCCCCCCC/C=C\C/C=C\CCCCC. The van der Waals surface area contributed by atoms with E-state index >= 15 is 0 Å². The highest BCUT2D eigenvalue weighted by atomic mass is 31.2. The van der Waals surface area contributed by atoms with Crippen molar-refractivity contribution in [2.45, 2.75) is 309 Å². The van der Waals surface area contributed by atoms with Crippen molar-refractivity contribution in [3.05, 3.63) is 72.9 Å². The van der Waals surface area contributed by atoms with Crippen molar-refractivity contribution in [1.82, 2.24) is 5.32 Å². The van der Waals surface area contributed by atoms with E-state index in [1.54, 1.807) is 0 Å². The Kier molecular flexibility index (Phi) is 55.8. The van der Waals surface area contributed by atoms with E-state index in [2.05, 4.69) is 86.8 Å². The number of carbonyl (C=O) groups excluding carboxylic acids is 2. The van der Waals surface area contributed by atoms with Crippen molar-refractivity contribution in [3.63, 3.8) is 0 Å². The predicted octanol–water partition coefficient (Wildman–Crippen LogP) is 19.8. The monoisotopic (exact) mass is 1110 g/mol. The molecule has 0 aliphatic carbocycles. The number of hydrogen-bond acceptors (Lipinski definition) is 7. The zero-order valence-corrected chi connectivity index (χ0v) is 52.8. The Balaban J connectivity index is 5.07. The standard InChI is InChI=1S/C68H125N2O7P/c1-7-10-13-16-19-22-25-27-29-31-32-33-34-35-36-37-38-39-41-43-46-49-52-55-58-61-68(72)77-66(59-56-53-50-47-44-24-21-18-15-12-9-3)65(64-76-78(73,74)75-63-62-70(4,5)6)69-67(71)60-57-54-51-48-45-42-40-30-28-26-23-20-17-14-11-8-2/h11,14,19-20,22-23,27-30,56,59,65-66H,7-10,12-13,15-18,21,24-26,31-55,57-58,60-64H2,1-6H3,(H-,69,71,73,74)/b14-11+,22-19-,23-20+,29-27-,30-28+,59-56-. The molecule has 0 bridgehead atoms. The van der Waals surface area contributed by atoms with Gasteiger partial charge in [0.1, 0.15) is 19.3 Å². The van der Waals surface area contributed by atoms with Crippen LogP contribution in [0.5, 0.6) is 0 Å². The van der Waals surface area contributed by atoms with Gasteiger partial charge >= 0.3 is 5.97 Å². The molecule has 0 aromatic heterocycles. The highest BCUT2D eigenvalue weighted by Gasteiger charge is 2.27. The maximum Gasteiger partial charge on any atom is 0.306 e. The van der Waals surface area contributed by atoms with E-state index in [-0.39, 0.29) is 24.9 Å². The van der Waals surface area contributed by atoms with Crippen LogP contribution in [0.4, 0.5) is 0 Å². The Hall–Kier alpha value is -2.55. The van der Waals surface area contributed by atoms with Crippen LogP contribution in [-0.2, 0) is 27.9 Å². The number of allylic oxidation sites excluding steroid dienone is 11. The maximum absolute atomic E-state index is 13.5. The topological polar surface area (TPSA) is 114 Å². The number of carbonyl (C=O) groups is 2. The van der Waals surface area contributed by atoms with Crippen molar-refractivity contribution >= 4 is 19.7 Å². The van der Waals surface area contributed by atoms with E-state index in [4.69, 9.17) is 13.8 Å². The fourth-order valence-electron chi connectivity index (χ4n) is 9.33. The number of phosphoric ester groups is 1. The lowest BCUT2D eigenvalue weighted by Gasteiger charge is -2.30. The van der Waals surface area contributed by atoms with Gasteiger partial charge < -0.3 is 28.5 Å². The summed E-state index contributed by atoms with van der Waals surface area (Å²) in [6, 6.07) is -0.896. The number of rotatable bonds is 59. The molecule has 3 unspecified atom stereocenters. The Morgan fingerprint density at radius 1 is 0.462 bits per heavy atom. The van der Waals surface area contributed by atoms with E-state index < -0.39 is 26.6 Å². The molecule has 0 aliphatic rings. The second-order valence-corrected chi connectivity index (χ2v) is 24.6. The smallest absolute Gasteiger partial charge is 0.306 e. The largest absolute Gasteiger partial charge is 0.756 e. The van der Waals surface area contributed by atoms with Gasteiger partial charge in [-0.05, 0) is 96.0 Å². The van der Waals surface area contributed by atoms with Crippen LogP contribution in [-0.4, -0.2) is 69.4 Å². The van der Waals surface area contributed by atoms with Crippen molar-refractivity contribution in [1.29, 1.82) is 0 Å². The summed E-state index contributed by atoms with van der Waals surface area (Å²) in [4.78, 5) is 40.0. The molecule has 3 atom stereocenters. The van der Waals surface area contributed by atoms with Gasteiger partial charge in [0.25, 0.3) is 7.82 Å². The first-order valence-electron chi connectivity index (χ1n) is 32.7. The van der Waals surface area contributed by atoms with Crippen LogP contribution in [0, 0.1) is 0 Å². The van der Waals surface area contributed by atoms with Gasteiger partial charge in [-0.2, -0.15) is 0 Å². The molecular formula is C68H125N2O7P. The molecule has 0 aromatic rings. The molecule has 78 heavy (non-hydrogen) atoms. The molecule has 0 aromatic carbocycles. The lowest BCUT2D eigenvalue weighted by molar-refractivity contribution is -0.870. The molecule has 10 heteroatoms. The van der Waals surface area contributed by atoms with E-state index in [1.807, 2.05) is 33.3 Å². The summed E-state index contributed by atoms with van der Waals surface area (Å²) in [7, 11) is 1.17. The Labute approximate surface area is 483 Å². The lowest BCUT2D eigenvalue weighted by Crippen LogP contribution is -2.47. The van der Waals surface area contributed by atoms with Crippen LogP contribution >= 0.6 is 7.82 Å². The van der Waals surface area contributed by atoms with Crippen molar-refractivity contribution in [3.8, 4) is 0 Å². The fourth-order valence-corrected chi connectivity index (χ4v) is 10.1. The summed E-state index contributed by atoms with van der Waals surface area (Å²) in [5.74, 6) is -0.551. The second kappa shape index (κ2) is 57.7. The van der Waals surface area contributed by atoms with E-state index in [1.165, 1.54) is 154 Å². The molecule has 0 rings (SSSR count). The molecule has 0 saturated heterocycles. The Bertz CT molecular complexity index is 1570. The molecule has 0 spiro atoms. The molecule has 0 heterocycles. The first-order chi connectivity index (χ1) is 37.9. The molecule has 1 N–H and O–H groups in total. The first-order valence-corrected chi connectivity index (χ1v) is 34.2. The Morgan fingerprint density at radius 2 is 0.821 bits per heavy atom. The second-order valence-electron chi connectivity index (χ2n) is 23.2. The average Bonchev–Trinajstić information content (AvgIpc) is 3.40. The molecular weight excluding hydrogens is 988 g/mol.